The van der Waals surface area contributed by atoms with Crippen LogP contribution < -0.4 is 5.32 Å². The molecule has 7 heteroatoms. The first-order valence-corrected chi connectivity index (χ1v) is 5.26. The number of nitrogens with zero attached hydrogens (tertiary/aromatic N) is 2. The largest absolute Gasteiger partial charge is 0.481 e. The van der Waals surface area contributed by atoms with E-state index < -0.39 is 11.9 Å². The summed E-state index contributed by atoms with van der Waals surface area (Å²) in [6.45, 7) is 1.57. The molecule has 0 spiro atoms. The smallest absolute Gasteiger partial charge is 0.306 e. The van der Waals surface area contributed by atoms with Gasteiger partial charge in [-0.25, -0.2) is 0 Å². The van der Waals surface area contributed by atoms with Crippen LogP contribution in [0.2, 0.25) is 0 Å². The molecule has 0 saturated heterocycles. The number of amides is 1. The number of rotatable bonds is 5. The molecule has 0 aliphatic rings. The third kappa shape index (κ3) is 4.03. The molecular weight excluding hydrogens is 218 g/mol. The molecule has 1 aromatic heterocycles. The second-order valence-electron chi connectivity index (χ2n) is 3.07. The van der Waals surface area contributed by atoms with Crippen LogP contribution in [0.4, 0.5) is 5.13 Å². The van der Waals surface area contributed by atoms with E-state index in [-0.39, 0.29) is 12.3 Å². The Hall–Kier alpha value is -1.50. The van der Waals surface area contributed by atoms with Gasteiger partial charge in [0, 0.05) is 6.42 Å². The Balaban J connectivity index is 2.28. The lowest BCUT2D eigenvalue weighted by Gasteiger charge is -2.04. The highest BCUT2D eigenvalue weighted by atomic mass is 32.1. The number of carboxylic acids is 1. The van der Waals surface area contributed by atoms with Crippen molar-refractivity contribution in [3.8, 4) is 0 Å². The molecule has 1 aromatic rings. The Morgan fingerprint density at radius 2 is 2.40 bits per heavy atom. The first kappa shape index (κ1) is 11.6. The van der Waals surface area contributed by atoms with E-state index in [1.54, 1.807) is 6.92 Å². The predicted molar refractivity (Wildman–Crippen MR) is 54.6 cm³/mol. The molecule has 1 rings (SSSR count). The topological polar surface area (TPSA) is 92.2 Å². The molecule has 0 radical (unpaired) electrons. The van der Waals surface area contributed by atoms with Gasteiger partial charge in [0.25, 0.3) is 0 Å². The molecule has 0 fully saturated rings. The Kier molecular flexibility index (Phi) is 4.17. The molecule has 0 bridgehead atoms. The van der Waals surface area contributed by atoms with Crippen LogP contribution in [-0.4, -0.2) is 27.2 Å². The molecule has 6 nitrogen and oxygen atoms in total. The van der Waals surface area contributed by atoms with Crippen molar-refractivity contribution >= 4 is 28.3 Å². The highest BCUT2D eigenvalue weighted by Gasteiger charge is 2.13. The maximum atomic E-state index is 11.3. The van der Waals surface area contributed by atoms with Crippen LogP contribution in [-0.2, 0) is 9.59 Å². The van der Waals surface area contributed by atoms with Crippen molar-refractivity contribution in [2.45, 2.75) is 19.8 Å². The molecule has 1 atom stereocenters. The van der Waals surface area contributed by atoms with E-state index in [0.717, 1.165) is 0 Å². The summed E-state index contributed by atoms with van der Waals surface area (Å²) in [5.41, 5.74) is 1.51. The molecule has 0 saturated carbocycles. The zero-order valence-corrected chi connectivity index (χ0v) is 8.95. The van der Waals surface area contributed by atoms with Gasteiger partial charge in [0.1, 0.15) is 5.51 Å². The SMILES string of the molecule is C[C@@H](CCC(=O)Nc1nncs1)C(=O)O. The lowest BCUT2D eigenvalue weighted by molar-refractivity contribution is -0.141. The second-order valence-corrected chi connectivity index (χ2v) is 3.90. The van der Waals surface area contributed by atoms with E-state index in [1.165, 1.54) is 16.8 Å². The van der Waals surface area contributed by atoms with Gasteiger partial charge in [-0.2, -0.15) is 0 Å². The summed E-state index contributed by atoms with van der Waals surface area (Å²) in [4.78, 5) is 21.7. The Morgan fingerprint density at radius 3 is 2.93 bits per heavy atom. The summed E-state index contributed by atoms with van der Waals surface area (Å²) in [6, 6.07) is 0. The van der Waals surface area contributed by atoms with Crippen LogP contribution in [0.15, 0.2) is 5.51 Å². The zero-order chi connectivity index (χ0) is 11.3. The van der Waals surface area contributed by atoms with Gasteiger partial charge >= 0.3 is 5.97 Å². The Bertz CT molecular complexity index is 339. The van der Waals surface area contributed by atoms with Gasteiger partial charge in [-0.3, -0.25) is 9.59 Å². The van der Waals surface area contributed by atoms with Crippen molar-refractivity contribution in [1.82, 2.24) is 10.2 Å². The average molecular weight is 229 g/mol. The number of aromatic nitrogens is 2. The van der Waals surface area contributed by atoms with E-state index in [0.29, 0.717) is 11.6 Å². The third-order valence-electron chi connectivity index (χ3n) is 1.83. The normalized spacial score (nSPS) is 12.1. The summed E-state index contributed by atoms with van der Waals surface area (Å²) in [7, 11) is 0. The summed E-state index contributed by atoms with van der Waals surface area (Å²) in [5, 5.41) is 18.8. The number of hydrogen-bond acceptors (Lipinski definition) is 5. The van der Waals surface area contributed by atoms with Crippen LogP contribution in [0.1, 0.15) is 19.8 Å². The van der Waals surface area contributed by atoms with Crippen LogP contribution in [0.5, 0.6) is 0 Å². The fourth-order valence-electron chi connectivity index (χ4n) is 0.880. The maximum absolute atomic E-state index is 11.3. The molecule has 1 amide bonds. The van der Waals surface area contributed by atoms with Gasteiger partial charge in [0.05, 0.1) is 5.92 Å². The fraction of sp³-hybridized carbons (Fsp3) is 0.500. The van der Waals surface area contributed by atoms with Crippen LogP contribution in [0.25, 0.3) is 0 Å². The van der Waals surface area contributed by atoms with Gasteiger partial charge in [-0.15, -0.1) is 10.2 Å². The maximum Gasteiger partial charge on any atom is 0.306 e. The van der Waals surface area contributed by atoms with Gasteiger partial charge < -0.3 is 10.4 Å². The van der Waals surface area contributed by atoms with Crippen molar-refractivity contribution in [3.05, 3.63) is 5.51 Å². The number of aliphatic carboxylic acids is 1. The zero-order valence-electron chi connectivity index (χ0n) is 8.14. The van der Waals surface area contributed by atoms with Gasteiger partial charge in [0.2, 0.25) is 11.0 Å². The first-order valence-electron chi connectivity index (χ1n) is 4.38. The van der Waals surface area contributed by atoms with E-state index in [9.17, 15) is 9.59 Å². The molecule has 82 valence electrons. The average Bonchev–Trinajstić information content (AvgIpc) is 2.66. The third-order valence-corrected chi connectivity index (χ3v) is 2.44. The summed E-state index contributed by atoms with van der Waals surface area (Å²) in [5.74, 6) is -1.64. The number of carbonyl (C=O) groups excluding carboxylic acids is 1. The van der Waals surface area contributed by atoms with Gasteiger partial charge in [-0.1, -0.05) is 18.3 Å². The van der Waals surface area contributed by atoms with Crippen LogP contribution in [0, 0.1) is 5.92 Å². The number of carboxylic acid groups (broad SMARTS) is 1. The minimum Gasteiger partial charge on any atom is -0.481 e. The number of hydrogen-bond donors (Lipinski definition) is 2. The molecule has 0 aromatic carbocycles. The van der Waals surface area contributed by atoms with E-state index in [4.69, 9.17) is 5.11 Å². The van der Waals surface area contributed by atoms with E-state index in [2.05, 4.69) is 15.5 Å². The Morgan fingerprint density at radius 1 is 1.67 bits per heavy atom. The summed E-state index contributed by atoms with van der Waals surface area (Å²) < 4.78 is 0. The minimum absolute atomic E-state index is 0.174. The molecule has 0 aliphatic heterocycles. The van der Waals surface area contributed by atoms with Gasteiger partial charge in [0.15, 0.2) is 0 Å². The van der Waals surface area contributed by atoms with Crippen molar-refractivity contribution in [2.24, 2.45) is 5.92 Å². The second kappa shape index (κ2) is 5.40. The van der Waals surface area contributed by atoms with Crippen molar-refractivity contribution < 1.29 is 14.7 Å². The molecule has 1 heterocycles. The standard InChI is InChI=1S/C8H11N3O3S/c1-5(7(13)14)2-3-6(12)10-8-11-9-4-15-8/h4-5H,2-3H2,1H3,(H,13,14)(H,10,11,12)/t5-/m0/s1. The lowest BCUT2D eigenvalue weighted by Crippen LogP contribution is -2.16. The number of nitrogens with one attached hydrogen (secondary N) is 1. The molecule has 0 unspecified atom stereocenters. The van der Waals surface area contributed by atoms with Crippen LogP contribution >= 0.6 is 11.3 Å². The molecule has 15 heavy (non-hydrogen) atoms. The highest BCUT2D eigenvalue weighted by Crippen LogP contribution is 2.10. The van der Waals surface area contributed by atoms with Gasteiger partial charge in [-0.05, 0) is 6.42 Å². The predicted octanol–water partition coefficient (Wildman–Crippen LogP) is 0.977. The first-order chi connectivity index (χ1) is 7.09. The highest BCUT2D eigenvalue weighted by molar-refractivity contribution is 7.13. The van der Waals surface area contributed by atoms with Crippen molar-refractivity contribution in [3.63, 3.8) is 0 Å². The van der Waals surface area contributed by atoms with Crippen molar-refractivity contribution in [2.75, 3.05) is 5.32 Å². The number of carbonyl (C=O) groups is 2. The number of anilines is 1. The summed E-state index contributed by atoms with van der Waals surface area (Å²) >= 11 is 1.22. The molecule has 2 N–H and O–H groups in total. The van der Waals surface area contributed by atoms with E-state index >= 15 is 0 Å². The van der Waals surface area contributed by atoms with Crippen LogP contribution in [0.3, 0.4) is 0 Å². The minimum atomic E-state index is -0.890. The van der Waals surface area contributed by atoms with E-state index in [1.807, 2.05) is 0 Å². The monoisotopic (exact) mass is 229 g/mol. The summed E-state index contributed by atoms with van der Waals surface area (Å²) in [6.07, 6.45) is 0.493. The molecule has 0 aliphatic carbocycles. The fourth-order valence-corrected chi connectivity index (χ4v) is 1.34. The Labute approximate surface area is 90.3 Å². The lowest BCUT2D eigenvalue weighted by atomic mass is 10.1. The quantitative estimate of drug-likeness (QED) is 0.785. The van der Waals surface area contributed by atoms with Crippen molar-refractivity contribution in [1.29, 1.82) is 0 Å². The molecular formula is C8H11N3O3S.